The summed E-state index contributed by atoms with van der Waals surface area (Å²) in [7, 11) is 0. The van der Waals surface area contributed by atoms with Crippen molar-refractivity contribution >= 4 is 12.0 Å². The van der Waals surface area contributed by atoms with Gasteiger partial charge in [-0.05, 0) is 83.6 Å². The van der Waals surface area contributed by atoms with Gasteiger partial charge in [0.05, 0.1) is 6.61 Å². The number of nitrogens with one attached hydrogen (secondary N) is 1. The first-order chi connectivity index (χ1) is 15.3. The average molecular weight is 384 g/mol. The van der Waals surface area contributed by atoms with Crippen LogP contribution >= 0.6 is 0 Å². The van der Waals surface area contributed by atoms with Gasteiger partial charge < -0.3 is 19.9 Å². The molecule has 1 spiro atoms. The average Bonchev–Trinajstić information content (AvgIpc) is 3.12. The van der Waals surface area contributed by atoms with Gasteiger partial charge in [0, 0.05) is 38.8 Å². The van der Waals surface area contributed by atoms with Crippen LogP contribution in [0.3, 0.4) is 0 Å². The molecule has 0 unspecified atom stereocenters. The number of nitrogens with zero attached hydrogens (tertiary/aromatic N) is 2. The van der Waals surface area contributed by atoms with E-state index in [1.54, 1.807) is 4.90 Å². The van der Waals surface area contributed by atoms with Crippen LogP contribution in [0.1, 0.15) is 73.3 Å². The van der Waals surface area contributed by atoms with Crippen molar-refractivity contribution in [1.29, 1.82) is 0 Å². The third-order valence-corrected chi connectivity index (χ3v) is 7.22. The molecule has 4 fully saturated rings. The molecule has 0 aromatic heterocycles. The third-order valence-electron chi connectivity index (χ3n) is 7.22. The number of hydrogen-bond acceptors (Lipinski definition) is 4. The normalized spacial score (nSPS) is 37.6. The first kappa shape index (κ1) is 13.0. The van der Waals surface area contributed by atoms with Crippen molar-refractivity contribution in [3.63, 3.8) is 0 Å². The minimum absolute atomic E-state index is 0.0915. The van der Waals surface area contributed by atoms with Gasteiger partial charge in [-0.2, -0.15) is 0 Å². The predicted octanol–water partition coefficient (Wildman–Crippen LogP) is 2.77. The molecule has 4 aliphatic rings. The van der Waals surface area contributed by atoms with Crippen molar-refractivity contribution in [2.75, 3.05) is 32.8 Å². The molecular weight excluding hydrogens is 342 g/mol. The van der Waals surface area contributed by atoms with Gasteiger partial charge in [0.2, 0.25) is 5.91 Å². The molecule has 6 heteroatoms. The van der Waals surface area contributed by atoms with Gasteiger partial charge >= 0.3 is 6.09 Å². The maximum Gasteiger partial charge on any atom is 0.409 e. The number of amides is 2. The molecule has 0 bridgehead atoms. The van der Waals surface area contributed by atoms with Crippen LogP contribution in [0, 0.1) is 11.3 Å². The molecule has 1 N–H and O–H groups in total. The van der Waals surface area contributed by atoms with E-state index in [1.165, 1.54) is 0 Å². The highest BCUT2D eigenvalue weighted by atomic mass is 16.6. The smallest absolute Gasteiger partial charge is 0.409 e. The van der Waals surface area contributed by atoms with Crippen molar-refractivity contribution in [2.24, 2.45) is 11.3 Å². The number of carbonyl (C=O) groups is 2. The minimum Gasteiger partial charge on any atom is -0.450 e. The van der Waals surface area contributed by atoms with E-state index in [9.17, 15) is 9.59 Å². The molecule has 4 rings (SSSR count). The Hall–Kier alpha value is -1.30. The minimum atomic E-state index is -2.27. The van der Waals surface area contributed by atoms with Crippen LogP contribution in [0.15, 0.2) is 0 Å². The summed E-state index contributed by atoms with van der Waals surface area (Å²) in [5, 5.41) is 2.88. The highest BCUT2D eigenvalue weighted by molar-refractivity contribution is 5.79. The fourth-order valence-electron chi connectivity index (χ4n) is 5.30. The second kappa shape index (κ2) is 7.26. The maximum atomic E-state index is 12.8. The lowest BCUT2D eigenvalue weighted by Gasteiger charge is -2.51. The summed E-state index contributed by atoms with van der Waals surface area (Å²) in [5.41, 5.74) is -0.936. The Kier molecular flexibility index (Phi) is 3.50. The highest BCUT2D eigenvalue weighted by Crippen LogP contribution is 2.50. The zero-order chi connectivity index (χ0) is 24.1. The molecular formula is C21H35N3O3. The lowest BCUT2D eigenvalue weighted by Crippen LogP contribution is -2.56. The van der Waals surface area contributed by atoms with Crippen LogP contribution in [-0.2, 0) is 9.53 Å². The van der Waals surface area contributed by atoms with Crippen LogP contribution in [0.2, 0.25) is 0 Å². The van der Waals surface area contributed by atoms with Crippen LogP contribution in [0.25, 0.3) is 0 Å². The summed E-state index contributed by atoms with van der Waals surface area (Å²) in [5.74, 6) is -0.248. The van der Waals surface area contributed by atoms with E-state index in [0.29, 0.717) is 32.0 Å². The summed E-state index contributed by atoms with van der Waals surface area (Å²) >= 11 is 0. The molecule has 2 saturated carbocycles. The molecule has 0 radical (unpaired) electrons. The SMILES string of the molecule is [2H]C([2H])([2H])COC(=O)N1CCC2(CC(N3CCC(C(=O)NC4(C([2H])([2H])[2H])CCC4)CC3)C2)C1. The molecule has 152 valence electrons. The van der Waals surface area contributed by atoms with Gasteiger partial charge in [0.25, 0.3) is 0 Å². The molecule has 2 heterocycles. The first-order valence-corrected chi connectivity index (χ1v) is 10.3. The van der Waals surface area contributed by atoms with Gasteiger partial charge in [-0.1, -0.05) is 0 Å². The predicted molar refractivity (Wildman–Crippen MR) is 103 cm³/mol. The van der Waals surface area contributed by atoms with E-state index in [4.69, 9.17) is 13.0 Å². The molecule has 6 nitrogen and oxygen atoms in total. The van der Waals surface area contributed by atoms with E-state index >= 15 is 0 Å². The summed E-state index contributed by atoms with van der Waals surface area (Å²) in [6, 6.07) is 0.438. The lowest BCUT2D eigenvalue weighted by atomic mass is 9.64. The van der Waals surface area contributed by atoms with Gasteiger partial charge in [0.1, 0.15) is 0 Å². The quantitative estimate of drug-likeness (QED) is 0.811. The van der Waals surface area contributed by atoms with E-state index in [-0.39, 0.29) is 17.2 Å². The number of rotatable bonds is 4. The Labute approximate surface area is 171 Å². The van der Waals surface area contributed by atoms with Gasteiger partial charge in [-0.25, -0.2) is 4.79 Å². The van der Waals surface area contributed by atoms with Gasteiger partial charge in [0.15, 0.2) is 0 Å². The van der Waals surface area contributed by atoms with Gasteiger partial charge in [-0.15, -0.1) is 0 Å². The topological polar surface area (TPSA) is 61.9 Å². The number of ether oxygens (including phenoxy) is 1. The molecule has 0 atom stereocenters. The molecule has 0 aromatic carbocycles. The number of carbonyl (C=O) groups excluding carboxylic acids is 2. The molecule has 2 aliphatic carbocycles. The first-order valence-electron chi connectivity index (χ1n) is 13.3. The van der Waals surface area contributed by atoms with Crippen molar-refractivity contribution in [3.05, 3.63) is 0 Å². The van der Waals surface area contributed by atoms with E-state index < -0.39 is 31.9 Å². The van der Waals surface area contributed by atoms with Crippen molar-refractivity contribution < 1.29 is 22.6 Å². The maximum absolute atomic E-state index is 12.8. The molecule has 2 amide bonds. The fourth-order valence-corrected chi connectivity index (χ4v) is 5.30. The molecule has 0 aromatic rings. The number of piperidine rings is 1. The van der Waals surface area contributed by atoms with Crippen molar-refractivity contribution in [3.8, 4) is 0 Å². The number of likely N-dealkylation sites (tertiary alicyclic amines) is 2. The fraction of sp³-hybridized carbons (Fsp3) is 0.905. The molecule has 2 saturated heterocycles. The van der Waals surface area contributed by atoms with Crippen LogP contribution < -0.4 is 5.32 Å². The molecule has 2 aliphatic heterocycles. The molecule has 27 heavy (non-hydrogen) atoms. The zero-order valence-electron chi connectivity index (χ0n) is 22.0. The van der Waals surface area contributed by atoms with E-state index in [2.05, 4.69) is 10.2 Å². The van der Waals surface area contributed by atoms with Crippen LogP contribution in [0.4, 0.5) is 4.79 Å². The Bertz CT molecular complexity index is 753. The summed E-state index contributed by atoms with van der Waals surface area (Å²) in [6.45, 7) is -2.14. The van der Waals surface area contributed by atoms with Crippen molar-refractivity contribution in [2.45, 2.75) is 76.7 Å². The highest BCUT2D eigenvalue weighted by Gasteiger charge is 2.51. The van der Waals surface area contributed by atoms with Crippen LogP contribution in [-0.4, -0.2) is 66.2 Å². The zero-order valence-corrected chi connectivity index (χ0v) is 16.0. The van der Waals surface area contributed by atoms with E-state index in [0.717, 1.165) is 51.6 Å². The Morgan fingerprint density at radius 2 is 1.96 bits per heavy atom. The number of hydrogen-bond donors (Lipinski definition) is 1. The van der Waals surface area contributed by atoms with Gasteiger partial charge in [-0.3, -0.25) is 4.79 Å². The summed E-state index contributed by atoms with van der Waals surface area (Å²) in [6.07, 6.45) is 5.72. The Morgan fingerprint density at radius 3 is 2.59 bits per heavy atom. The second-order valence-corrected chi connectivity index (χ2v) is 9.02. The second-order valence-electron chi connectivity index (χ2n) is 9.02. The third kappa shape index (κ3) is 3.82. The largest absolute Gasteiger partial charge is 0.450 e. The van der Waals surface area contributed by atoms with Crippen LogP contribution in [0.5, 0.6) is 0 Å². The Morgan fingerprint density at radius 1 is 1.19 bits per heavy atom. The standard InChI is InChI=1S/C21H35N3O3/c1-3-27-19(26)24-12-9-21(15-24)13-17(14-21)23-10-5-16(6-11-23)18(25)22-20(2)7-4-8-20/h16-17H,3-15H2,1-2H3,(H,22,25)/i1D3,2D3. The summed E-state index contributed by atoms with van der Waals surface area (Å²) in [4.78, 5) is 29.0. The monoisotopic (exact) mass is 383 g/mol. The lowest BCUT2D eigenvalue weighted by molar-refractivity contribution is -0.130. The van der Waals surface area contributed by atoms with Crippen molar-refractivity contribution in [1.82, 2.24) is 15.1 Å². The summed E-state index contributed by atoms with van der Waals surface area (Å²) < 4.78 is 49.8. The van der Waals surface area contributed by atoms with E-state index in [1.807, 2.05) is 0 Å². The Balaban J connectivity index is 1.19.